The molecule has 0 atom stereocenters. The van der Waals surface area contributed by atoms with E-state index in [2.05, 4.69) is 5.32 Å². The number of hydrogen-bond acceptors (Lipinski definition) is 11. The normalized spacial score (nSPS) is 11.7. The highest BCUT2D eigenvalue weighted by atomic mass is 16.6. The largest absolute Gasteiger partial charge is 0.444 e. The lowest BCUT2D eigenvalue weighted by Crippen LogP contribution is -2.38. The second-order valence-electron chi connectivity index (χ2n) is 8.66. The van der Waals surface area contributed by atoms with Crippen LogP contribution in [0.5, 0.6) is 0 Å². The van der Waals surface area contributed by atoms with E-state index in [-0.39, 0.29) is 12.7 Å². The number of aliphatic hydroxyl groups is 1. The highest BCUT2D eigenvalue weighted by Crippen LogP contribution is 2.08. The van der Waals surface area contributed by atoms with Gasteiger partial charge in [-0.2, -0.15) is 0 Å². The quantitative estimate of drug-likeness (QED) is 0.153. The summed E-state index contributed by atoms with van der Waals surface area (Å²) in [5, 5.41) is 11.8. The maximum Gasteiger partial charge on any atom is 0.410 e. The van der Waals surface area contributed by atoms with Crippen molar-refractivity contribution in [3.63, 3.8) is 0 Å². The maximum absolute atomic E-state index is 11.8. The van der Waals surface area contributed by atoms with Crippen molar-refractivity contribution in [1.82, 2.24) is 10.2 Å². The number of nitrogens with one attached hydrogen (secondary N) is 1. The summed E-state index contributed by atoms with van der Waals surface area (Å²) in [6.07, 6.45) is -0.323. The minimum Gasteiger partial charge on any atom is -0.444 e. The van der Waals surface area contributed by atoms with Crippen LogP contribution in [0.25, 0.3) is 0 Å². The molecule has 0 radical (unpaired) electrons. The number of ether oxygens (including phenoxy) is 8. The van der Waals surface area contributed by atoms with Gasteiger partial charge in [-0.25, -0.2) is 4.79 Å². The molecule has 0 aromatic heterocycles. The summed E-state index contributed by atoms with van der Waals surface area (Å²) in [4.78, 5) is 13.4. The van der Waals surface area contributed by atoms with Crippen LogP contribution in [-0.2, 0) is 37.9 Å². The van der Waals surface area contributed by atoms with E-state index in [1.54, 1.807) is 11.9 Å². The topological polar surface area (TPSA) is 126 Å². The number of rotatable bonds is 26. The van der Waals surface area contributed by atoms with Gasteiger partial charge < -0.3 is 53.2 Å². The van der Waals surface area contributed by atoms with Crippen LogP contribution in [0.15, 0.2) is 0 Å². The number of carbonyl (C=O) groups excluding carboxylic acids is 1. The number of aliphatic hydroxyl groups excluding tert-OH is 1. The molecule has 0 heterocycles. The first-order chi connectivity index (χ1) is 17.4. The van der Waals surface area contributed by atoms with E-state index in [9.17, 15) is 4.79 Å². The first-order valence-electron chi connectivity index (χ1n) is 12.7. The van der Waals surface area contributed by atoms with Crippen LogP contribution in [0, 0.1) is 0 Å². The van der Waals surface area contributed by atoms with Gasteiger partial charge in [0.25, 0.3) is 0 Å². The van der Waals surface area contributed by atoms with Crippen molar-refractivity contribution in [2.24, 2.45) is 0 Å². The second kappa shape index (κ2) is 25.6. The molecule has 0 aromatic rings. The molecule has 0 rings (SSSR count). The van der Waals surface area contributed by atoms with Gasteiger partial charge in [-0.1, -0.05) is 0 Å². The fraction of sp³-hybridized carbons (Fsp3) is 0.958. The van der Waals surface area contributed by atoms with Crippen molar-refractivity contribution in [2.75, 3.05) is 126 Å². The lowest BCUT2D eigenvalue weighted by molar-refractivity contribution is -0.0213. The number of likely N-dealkylation sites (N-methyl/N-ethyl adjacent to an activating group) is 1. The molecule has 0 saturated carbocycles. The van der Waals surface area contributed by atoms with Crippen molar-refractivity contribution >= 4 is 6.09 Å². The lowest BCUT2D eigenvalue weighted by atomic mass is 10.2. The minimum atomic E-state index is -0.485. The Morgan fingerprint density at radius 2 is 1.00 bits per heavy atom. The van der Waals surface area contributed by atoms with Crippen LogP contribution in [0.1, 0.15) is 20.8 Å². The summed E-state index contributed by atoms with van der Waals surface area (Å²) in [6.45, 7) is 14.5. The molecule has 12 heteroatoms. The van der Waals surface area contributed by atoms with Gasteiger partial charge in [-0.05, 0) is 20.8 Å². The summed E-state index contributed by atoms with van der Waals surface area (Å²) >= 11 is 0. The fourth-order valence-corrected chi connectivity index (χ4v) is 2.43. The molecule has 2 N–H and O–H groups in total. The molecule has 0 spiro atoms. The van der Waals surface area contributed by atoms with E-state index < -0.39 is 5.60 Å². The fourth-order valence-electron chi connectivity index (χ4n) is 2.43. The first kappa shape index (κ1) is 34.9. The van der Waals surface area contributed by atoms with E-state index in [0.717, 1.165) is 0 Å². The molecule has 216 valence electrons. The van der Waals surface area contributed by atoms with Gasteiger partial charge in [0, 0.05) is 26.7 Å². The highest BCUT2D eigenvalue weighted by Gasteiger charge is 2.18. The molecule has 0 aromatic carbocycles. The lowest BCUT2D eigenvalue weighted by Gasteiger charge is -2.24. The Morgan fingerprint density at radius 3 is 1.36 bits per heavy atom. The average molecular weight is 527 g/mol. The minimum absolute atomic E-state index is 0.0256. The van der Waals surface area contributed by atoms with Gasteiger partial charge in [0.2, 0.25) is 0 Å². The van der Waals surface area contributed by atoms with Crippen LogP contribution in [0.2, 0.25) is 0 Å². The van der Waals surface area contributed by atoms with Crippen LogP contribution >= 0.6 is 0 Å². The molecular weight excluding hydrogens is 476 g/mol. The smallest absolute Gasteiger partial charge is 0.410 e. The van der Waals surface area contributed by atoms with Crippen molar-refractivity contribution in [2.45, 2.75) is 26.4 Å². The second-order valence-corrected chi connectivity index (χ2v) is 8.66. The van der Waals surface area contributed by atoms with Gasteiger partial charge in [-0.3, -0.25) is 0 Å². The van der Waals surface area contributed by atoms with Crippen LogP contribution in [0.4, 0.5) is 4.79 Å². The summed E-state index contributed by atoms with van der Waals surface area (Å²) < 4.78 is 42.9. The number of nitrogens with zero attached hydrogens (tertiary/aromatic N) is 1. The molecule has 0 unspecified atom stereocenters. The third-order valence-corrected chi connectivity index (χ3v) is 4.22. The average Bonchev–Trinajstić information content (AvgIpc) is 2.82. The molecule has 0 saturated heterocycles. The van der Waals surface area contributed by atoms with E-state index in [4.69, 9.17) is 43.0 Å². The molecule has 0 bridgehead atoms. The van der Waals surface area contributed by atoms with E-state index in [1.807, 2.05) is 20.8 Å². The van der Waals surface area contributed by atoms with Gasteiger partial charge in [0.05, 0.1) is 99.1 Å². The van der Waals surface area contributed by atoms with E-state index >= 15 is 0 Å². The molecule has 12 nitrogen and oxygen atoms in total. The van der Waals surface area contributed by atoms with E-state index in [1.165, 1.54) is 0 Å². The van der Waals surface area contributed by atoms with Gasteiger partial charge >= 0.3 is 6.09 Å². The van der Waals surface area contributed by atoms with Crippen LogP contribution in [0.3, 0.4) is 0 Å². The maximum atomic E-state index is 11.8. The van der Waals surface area contributed by atoms with Crippen LogP contribution < -0.4 is 5.32 Å². The van der Waals surface area contributed by atoms with Crippen molar-refractivity contribution in [3.8, 4) is 0 Å². The molecule has 0 fully saturated rings. The monoisotopic (exact) mass is 526 g/mol. The molecule has 1 amide bonds. The predicted octanol–water partition coefficient (Wildman–Crippen LogP) is 0.551. The first-order valence-corrected chi connectivity index (χ1v) is 12.7. The summed E-state index contributed by atoms with van der Waals surface area (Å²) in [5.74, 6) is 0. The van der Waals surface area contributed by atoms with Crippen molar-refractivity contribution in [1.29, 1.82) is 0 Å². The van der Waals surface area contributed by atoms with Gasteiger partial charge in [0.1, 0.15) is 5.60 Å². The number of hydrogen-bond donors (Lipinski definition) is 2. The molecule has 0 aliphatic rings. The molecular formula is C24H50N2O10. The van der Waals surface area contributed by atoms with Crippen LogP contribution in [-0.4, -0.2) is 147 Å². The number of amides is 1. The zero-order valence-corrected chi connectivity index (χ0v) is 22.8. The molecule has 0 aliphatic carbocycles. The van der Waals surface area contributed by atoms with Gasteiger partial charge in [-0.15, -0.1) is 0 Å². The summed E-state index contributed by atoms with van der Waals surface area (Å²) in [6, 6.07) is 0. The predicted molar refractivity (Wildman–Crippen MR) is 135 cm³/mol. The summed E-state index contributed by atoms with van der Waals surface area (Å²) in [5.41, 5.74) is -0.485. The molecule has 36 heavy (non-hydrogen) atoms. The zero-order chi connectivity index (χ0) is 26.7. The third kappa shape index (κ3) is 27.5. The highest BCUT2D eigenvalue weighted by molar-refractivity contribution is 5.67. The van der Waals surface area contributed by atoms with E-state index in [0.29, 0.717) is 112 Å². The SMILES string of the molecule is CN(CCNCCOCCOCCOCCOCCOCCOCCOCCO)C(=O)OC(C)(C)C. The Bertz CT molecular complexity index is 480. The Morgan fingerprint density at radius 1 is 0.639 bits per heavy atom. The third-order valence-electron chi connectivity index (χ3n) is 4.22. The Hall–Kier alpha value is -1.09. The Balaban J connectivity index is 3.17. The standard InChI is InChI=1S/C24H50N2O10/c1-24(2,3)36-23(28)26(4)7-5-25-6-9-29-11-13-31-15-17-33-19-21-35-22-20-34-18-16-32-14-12-30-10-8-27/h25,27H,5-22H2,1-4H3. The van der Waals surface area contributed by atoms with Crippen molar-refractivity contribution < 1.29 is 47.8 Å². The van der Waals surface area contributed by atoms with Gasteiger partial charge in [0.15, 0.2) is 0 Å². The number of carbonyl (C=O) groups is 1. The Kier molecular flexibility index (Phi) is 24.8. The summed E-state index contributed by atoms with van der Waals surface area (Å²) in [7, 11) is 1.72. The Labute approximate surface area is 216 Å². The zero-order valence-electron chi connectivity index (χ0n) is 22.8. The van der Waals surface area contributed by atoms with Crippen molar-refractivity contribution in [3.05, 3.63) is 0 Å². The molecule has 0 aliphatic heterocycles.